The number of aliphatic hydroxyl groups is 1. The summed E-state index contributed by atoms with van der Waals surface area (Å²) in [4.78, 5) is 1.98. The van der Waals surface area contributed by atoms with Crippen LogP contribution in [0.2, 0.25) is 0 Å². The molecule has 0 amide bonds. The molecule has 3 atom stereocenters. The molecule has 5 heteroatoms. The summed E-state index contributed by atoms with van der Waals surface area (Å²) >= 11 is 0. The first-order valence-corrected chi connectivity index (χ1v) is 7.26. The Morgan fingerprint density at radius 1 is 1.47 bits per heavy atom. The van der Waals surface area contributed by atoms with E-state index in [1.54, 1.807) is 0 Å². The minimum Gasteiger partial charge on any atom is -0.390 e. The summed E-state index contributed by atoms with van der Waals surface area (Å²) in [5, 5.41) is 9.66. The largest absolute Gasteiger partial charge is 0.390 e. The standard InChI is InChI=1S/C10H21NO3S/c1-4-8(2)5-11(3)9-6-15(13,14)7-10(9)12/h8-10,12H,4-7H2,1-3H3. The third-order valence-electron chi connectivity index (χ3n) is 3.16. The molecule has 1 rings (SSSR count). The lowest BCUT2D eigenvalue weighted by Gasteiger charge is -2.28. The lowest BCUT2D eigenvalue weighted by atomic mass is 10.1. The first kappa shape index (κ1) is 12.9. The molecule has 0 radical (unpaired) electrons. The van der Waals surface area contributed by atoms with Crippen molar-refractivity contribution in [2.75, 3.05) is 25.1 Å². The highest BCUT2D eigenvalue weighted by molar-refractivity contribution is 7.91. The van der Waals surface area contributed by atoms with Crippen LogP contribution in [0.4, 0.5) is 0 Å². The Balaban J connectivity index is 2.57. The summed E-state index contributed by atoms with van der Waals surface area (Å²) in [6.07, 6.45) is 0.351. The summed E-state index contributed by atoms with van der Waals surface area (Å²) in [5.74, 6) is 0.550. The zero-order valence-corrected chi connectivity index (χ0v) is 10.5. The van der Waals surface area contributed by atoms with E-state index in [-0.39, 0.29) is 17.5 Å². The number of nitrogens with zero attached hydrogens (tertiary/aromatic N) is 1. The maximum absolute atomic E-state index is 11.3. The number of aliphatic hydroxyl groups excluding tert-OH is 1. The number of likely N-dealkylation sites (N-methyl/N-ethyl adjacent to an activating group) is 1. The summed E-state index contributed by atoms with van der Waals surface area (Å²) in [6.45, 7) is 5.08. The van der Waals surface area contributed by atoms with Gasteiger partial charge in [-0.05, 0) is 13.0 Å². The second kappa shape index (κ2) is 4.80. The van der Waals surface area contributed by atoms with Gasteiger partial charge in [0, 0.05) is 6.54 Å². The Kier molecular flexibility index (Phi) is 4.14. The van der Waals surface area contributed by atoms with Crippen LogP contribution in [0.5, 0.6) is 0 Å². The summed E-state index contributed by atoms with van der Waals surface area (Å²) in [6, 6.07) is -0.219. The van der Waals surface area contributed by atoms with Crippen molar-refractivity contribution in [3.63, 3.8) is 0 Å². The summed E-state index contributed by atoms with van der Waals surface area (Å²) < 4.78 is 22.6. The van der Waals surface area contributed by atoms with Crippen LogP contribution >= 0.6 is 0 Å². The summed E-state index contributed by atoms with van der Waals surface area (Å²) in [7, 11) is -1.13. The van der Waals surface area contributed by atoms with Crippen molar-refractivity contribution in [1.29, 1.82) is 0 Å². The van der Waals surface area contributed by atoms with Crippen molar-refractivity contribution in [3.8, 4) is 0 Å². The normalized spacial score (nSPS) is 32.1. The molecule has 0 aliphatic carbocycles. The van der Waals surface area contributed by atoms with Gasteiger partial charge in [0.05, 0.1) is 23.7 Å². The highest BCUT2D eigenvalue weighted by Crippen LogP contribution is 2.18. The average molecular weight is 235 g/mol. The first-order chi connectivity index (χ1) is 6.85. The quantitative estimate of drug-likeness (QED) is 0.752. The lowest BCUT2D eigenvalue weighted by molar-refractivity contribution is 0.0910. The van der Waals surface area contributed by atoms with Crippen molar-refractivity contribution in [3.05, 3.63) is 0 Å². The van der Waals surface area contributed by atoms with Gasteiger partial charge in [0.2, 0.25) is 0 Å². The smallest absolute Gasteiger partial charge is 0.154 e. The molecule has 1 aliphatic rings. The third kappa shape index (κ3) is 3.43. The van der Waals surface area contributed by atoms with Gasteiger partial charge in [0.15, 0.2) is 9.84 Å². The van der Waals surface area contributed by atoms with Crippen LogP contribution < -0.4 is 0 Å². The van der Waals surface area contributed by atoms with Crippen LogP contribution in [0.15, 0.2) is 0 Å². The topological polar surface area (TPSA) is 57.6 Å². The molecular formula is C10H21NO3S. The van der Waals surface area contributed by atoms with E-state index in [0.29, 0.717) is 5.92 Å². The Bertz CT molecular complexity index is 302. The minimum absolute atomic E-state index is 0.0808. The molecule has 1 saturated heterocycles. The van der Waals surface area contributed by atoms with E-state index in [1.807, 2.05) is 11.9 Å². The van der Waals surface area contributed by atoms with Crippen LogP contribution in [-0.4, -0.2) is 55.7 Å². The van der Waals surface area contributed by atoms with Gasteiger partial charge in [0.1, 0.15) is 0 Å². The number of hydrogen-bond donors (Lipinski definition) is 1. The Morgan fingerprint density at radius 3 is 2.47 bits per heavy atom. The van der Waals surface area contributed by atoms with Crippen LogP contribution in [-0.2, 0) is 9.84 Å². The van der Waals surface area contributed by atoms with E-state index in [4.69, 9.17) is 0 Å². The molecule has 0 aromatic heterocycles. The SMILES string of the molecule is CCC(C)CN(C)C1CS(=O)(=O)CC1O. The molecule has 1 N–H and O–H groups in total. The van der Waals surface area contributed by atoms with Crippen molar-refractivity contribution in [2.45, 2.75) is 32.4 Å². The van der Waals surface area contributed by atoms with Gasteiger partial charge in [-0.25, -0.2) is 8.42 Å². The number of sulfone groups is 1. The molecule has 0 aromatic carbocycles. The fraction of sp³-hybridized carbons (Fsp3) is 1.00. The second-order valence-electron chi connectivity index (χ2n) is 4.66. The minimum atomic E-state index is -3.02. The molecule has 3 unspecified atom stereocenters. The molecule has 0 spiro atoms. The monoisotopic (exact) mass is 235 g/mol. The van der Waals surface area contributed by atoms with Crippen LogP contribution in [0, 0.1) is 5.92 Å². The zero-order chi connectivity index (χ0) is 11.6. The molecule has 1 heterocycles. The maximum Gasteiger partial charge on any atom is 0.154 e. The molecule has 0 bridgehead atoms. The lowest BCUT2D eigenvalue weighted by Crippen LogP contribution is -2.42. The molecule has 15 heavy (non-hydrogen) atoms. The van der Waals surface area contributed by atoms with Crippen molar-refractivity contribution >= 4 is 9.84 Å². The zero-order valence-electron chi connectivity index (χ0n) is 9.68. The van der Waals surface area contributed by atoms with Crippen LogP contribution in [0.1, 0.15) is 20.3 Å². The predicted octanol–water partition coefficient (Wildman–Crippen LogP) is 0.122. The molecular weight excluding hydrogens is 214 g/mol. The molecule has 4 nitrogen and oxygen atoms in total. The highest BCUT2D eigenvalue weighted by Gasteiger charge is 2.38. The highest BCUT2D eigenvalue weighted by atomic mass is 32.2. The second-order valence-corrected chi connectivity index (χ2v) is 6.82. The first-order valence-electron chi connectivity index (χ1n) is 5.44. The average Bonchev–Trinajstić information content (AvgIpc) is 2.39. The van der Waals surface area contributed by atoms with Gasteiger partial charge in [0.25, 0.3) is 0 Å². The Morgan fingerprint density at radius 2 is 2.07 bits per heavy atom. The molecule has 0 saturated carbocycles. The predicted molar refractivity (Wildman–Crippen MR) is 60.5 cm³/mol. The van der Waals surface area contributed by atoms with Gasteiger partial charge >= 0.3 is 0 Å². The van der Waals surface area contributed by atoms with E-state index in [9.17, 15) is 13.5 Å². The van der Waals surface area contributed by atoms with E-state index >= 15 is 0 Å². The third-order valence-corrected chi connectivity index (χ3v) is 4.86. The van der Waals surface area contributed by atoms with E-state index < -0.39 is 15.9 Å². The van der Waals surface area contributed by atoms with Gasteiger partial charge in [-0.2, -0.15) is 0 Å². The fourth-order valence-corrected chi connectivity index (χ4v) is 3.86. The van der Waals surface area contributed by atoms with Crippen molar-refractivity contribution < 1.29 is 13.5 Å². The molecule has 1 fully saturated rings. The van der Waals surface area contributed by atoms with Gasteiger partial charge in [-0.3, -0.25) is 4.90 Å². The number of rotatable bonds is 4. The van der Waals surface area contributed by atoms with E-state index in [0.717, 1.165) is 13.0 Å². The van der Waals surface area contributed by atoms with E-state index in [1.165, 1.54) is 0 Å². The maximum atomic E-state index is 11.3. The number of hydrogen-bond acceptors (Lipinski definition) is 4. The fourth-order valence-electron chi connectivity index (χ4n) is 1.99. The molecule has 1 aliphatic heterocycles. The van der Waals surface area contributed by atoms with Crippen LogP contribution in [0.3, 0.4) is 0 Å². The van der Waals surface area contributed by atoms with Crippen molar-refractivity contribution in [1.82, 2.24) is 4.90 Å². The van der Waals surface area contributed by atoms with Crippen LogP contribution in [0.25, 0.3) is 0 Å². The Labute approximate surface area is 92.2 Å². The van der Waals surface area contributed by atoms with Gasteiger partial charge in [-0.15, -0.1) is 0 Å². The van der Waals surface area contributed by atoms with E-state index in [2.05, 4.69) is 13.8 Å². The molecule has 0 aromatic rings. The molecule has 90 valence electrons. The Hall–Kier alpha value is -0.130. The van der Waals surface area contributed by atoms with Gasteiger partial charge < -0.3 is 5.11 Å². The summed E-state index contributed by atoms with van der Waals surface area (Å²) in [5.41, 5.74) is 0. The van der Waals surface area contributed by atoms with Gasteiger partial charge in [-0.1, -0.05) is 20.3 Å². The van der Waals surface area contributed by atoms with Crippen molar-refractivity contribution in [2.24, 2.45) is 5.92 Å².